The minimum atomic E-state index is -3.87. The van der Waals surface area contributed by atoms with E-state index < -0.39 is 10.0 Å². The minimum Gasteiger partial charge on any atom is -0.508 e. The average Bonchev–Trinajstić information content (AvgIpc) is 2.31. The molecule has 0 aromatic heterocycles. The number of hydrogen-bond donors (Lipinski definition) is 3. The van der Waals surface area contributed by atoms with E-state index in [0.717, 1.165) is 0 Å². The molecule has 4 N–H and O–H groups in total. The van der Waals surface area contributed by atoms with Crippen molar-refractivity contribution in [1.82, 2.24) is 0 Å². The molecule has 0 aliphatic heterocycles. The van der Waals surface area contributed by atoms with Gasteiger partial charge in [-0.2, -0.15) is 0 Å². The molecule has 0 amide bonds. The fraction of sp³-hybridized carbons (Fsp3) is 0.0769. The van der Waals surface area contributed by atoms with Gasteiger partial charge in [0.05, 0.1) is 11.4 Å². The predicted octanol–water partition coefficient (Wildman–Crippen LogP) is 3.61. The van der Waals surface area contributed by atoms with E-state index in [0.29, 0.717) is 14.5 Å². The van der Waals surface area contributed by atoms with Crippen LogP contribution in [0.2, 0.25) is 0 Å². The summed E-state index contributed by atoms with van der Waals surface area (Å²) in [6.07, 6.45) is 0. The van der Waals surface area contributed by atoms with Gasteiger partial charge >= 0.3 is 0 Å². The van der Waals surface area contributed by atoms with Crippen LogP contribution in [-0.2, 0) is 10.0 Å². The van der Waals surface area contributed by atoms with Gasteiger partial charge in [-0.25, -0.2) is 8.42 Å². The summed E-state index contributed by atoms with van der Waals surface area (Å²) in [5.41, 5.74) is 6.81. The Morgan fingerprint density at radius 3 is 2.43 bits per heavy atom. The third kappa shape index (κ3) is 3.50. The van der Waals surface area contributed by atoms with Crippen LogP contribution in [0.25, 0.3) is 0 Å². The highest BCUT2D eigenvalue weighted by Crippen LogP contribution is 2.33. The minimum absolute atomic E-state index is 0.0121. The number of phenolic OH excluding ortho intramolecular Hbond substituents is 1. The largest absolute Gasteiger partial charge is 0.508 e. The van der Waals surface area contributed by atoms with Gasteiger partial charge in [-0.05, 0) is 46.6 Å². The number of rotatable bonds is 3. The lowest BCUT2D eigenvalue weighted by Gasteiger charge is -2.13. The lowest BCUT2D eigenvalue weighted by molar-refractivity contribution is 0.471. The molecule has 0 aliphatic rings. The number of halogens is 2. The second-order valence-electron chi connectivity index (χ2n) is 4.41. The van der Waals surface area contributed by atoms with E-state index in [1.165, 1.54) is 12.1 Å². The molecule has 112 valence electrons. The van der Waals surface area contributed by atoms with Crippen molar-refractivity contribution in [1.29, 1.82) is 0 Å². The third-order valence-electron chi connectivity index (χ3n) is 2.77. The highest BCUT2D eigenvalue weighted by molar-refractivity contribution is 9.11. The zero-order valence-corrected chi connectivity index (χ0v) is 14.9. The first kappa shape index (κ1) is 16.1. The maximum Gasteiger partial charge on any atom is 0.265 e. The van der Waals surface area contributed by atoms with Gasteiger partial charge in [-0.15, -0.1) is 0 Å². The monoisotopic (exact) mass is 434 g/mol. The summed E-state index contributed by atoms with van der Waals surface area (Å²) in [7, 11) is -3.87. The molecule has 21 heavy (non-hydrogen) atoms. The SMILES string of the molecule is Cc1ccc(NS(=O)(=O)c2c(N)cc(Br)cc2Br)cc1O. The van der Waals surface area contributed by atoms with Crippen LogP contribution in [0.4, 0.5) is 11.4 Å². The van der Waals surface area contributed by atoms with Crippen molar-refractivity contribution < 1.29 is 13.5 Å². The first-order valence-electron chi connectivity index (χ1n) is 5.77. The second-order valence-corrected chi connectivity index (χ2v) is 7.80. The van der Waals surface area contributed by atoms with Gasteiger partial charge in [-0.3, -0.25) is 4.72 Å². The molecular formula is C13H12Br2N2O3S. The van der Waals surface area contributed by atoms with E-state index >= 15 is 0 Å². The van der Waals surface area contributed by atoms with Crippen LogP contribution in [0.15, 0.2) is 44.2 Å². The molecule has 0 unspecified atom stereocenters. The molecule has 0 saturated carbocycles. The number of phenols is 1. The molecule has 0 spiro atoms. The molecule has 2 aromatic rings. The van der Waals surface area contributed by atoms with Crippen molar-refractivity contribution in [2.24, 2.45) is 0 Å². The summed E-state index contributed by atoms with van der Waals surface area (Å²) in [5, 5.41) is 9.64. The van der Waals surface area contributed by atoms with E-state index in [2.05, 4.69) is 36.6 Å². The Morgan fingerprint density at radius 1 is 1.19 bits per heavy atom. The van der Waals surface area contributed by atoms with Gasteiger partial charge in [0.2, 0.25) is 0 Å². The summed E-state index contributed by atoms with van der Waals surface area (Å²) >= 11 is 6.43. The summed E-state index contributed by atoms with van der Waals surface area (Å²) in [6.45, 7) is 1.72. The van der Waals surface area contributed by atoms with Crippen LogP contribution < -0.4 is 10.5 Å². The Bertz CT molecular complexity index is 784. The molecule has 0 bridgehead atoms. The first-order chi connectivity index (χ1) is 9.70. The number of sulfonamides is 1. The second kappa shape index (κ2) is 5.86. The van der Waals surface area contributed by atoms with Gasteiger partial charge in [0.25, 0.3) is 10.0 Å². The van der Waals surface area contributed by atoms with Crippen LogP contribution in [-0.4, -0.2) is 13.5 Å². The number of hydrogen-bond acceptors (Lipinski definition) is 4. The normalized spacial score (nSPS) is 11.4. The molecular weight excluding hydrogens is 424 g/mol. The van der Waals surface area contributed by atoms with E-state index in [4.69, 9.17) is 5.73 Å². The molecule has 2 rings (SSSR count). The smallest absolute Gasteiger partial charge is 0.265 e. The molecule has 0 heterocycles. The lowest BCUT2D eigenvalue weighted by atomic mass is 10.2. The van der Waals surface area contributed by atoms with E-state index in [-0.39, 0.29) is 22.0 Å². The summed E-state index contributed by atoms with van der Waals surface area (Å²) in [5.74, 6) is 0.0121. The number of benzene rings is 2. The standard InChI is InChI=1S/C13H12Br2N2O3S/c1-7-2-3-9(6-12(7)18)17-21(19,20)13-10(15)4-8(14)5-11(13)16/h2-6,17-18H,16H2,1H3. The van der Waals surface area contributed by atoms with Gasteiger partial charge in [0.1, 0.15) is 10.6 Å². The fourth-order valence-corrected chi connectivity index (χ4v) is 4.86. The number of nitrogens with one attached hydrogen (secondary N) is 1. The highest BCUT2D eigenvalue weighted by Gasteiger charge is 2.22. The Labute approximate surface area is 139 Å². The molecule has 0 saturated heterocycles. The average molecular weight is 436 g/mol. The molecule has 0 radical (unpaired) electrons. The first-order valence-corrected chi connectivity index (χ1v) is 8.84. The van der Waals surface area contributed by atoms with Crippen molar-refractivity contribution in [3.63, 3.8) is 0 Å². The quantitative estimate of drug-likeness (QED) is 0.642. The lowest BCUT2D eigenvalue weighted by Crippen LogP contribution is -2.15. The van der Waals surface area contributed by atoms with Crippen molar-refractivity contribution in [2.75, 3.05) is 10.5 Å². The Kier molecular flexibility index (Phi) is 4.50. The molecule has 0 fully saturated rings. The molecule has 0 aliphatic carbocycles. The van der Waals surface area contributed by atoms with Crippen molar-refractivity contribution in [3.05, 3.63) is 44.8 Å². The number of nitrogen functional groups attached to an aromatic ring is 1. The summed E-state index contributed by atoms with van der Waals surface area (Å²) in [4.78, 5) is -0.0502. The third-order valence-corrected chi connectivity index (χ3v) is 5.61. The van der Waals surface area contributed by atoms with E-state index in [1.807, 2.05) is 0 Å². The maximum atomic E-state index is 12.4. The predicted molar refractivity (Wildman–Crippen MR) is 89.9 cm³/mol. The topological polar surface area (TPSA) is 92.4 Å². The Hall–Kier alpha value is -1.25. The fourth-order valence-electron chi connectivity index (χ4n) is 1.74. The highest BCUT2D eigenvalue weighted by atomic mass is 79.9. The van der Waals surface area contributed by atoms with Gasteiger partial charge in [0.15, 0.2) is 0 Å². The Morgan fingerprint density at radius 2 is 1.86 bits per heavy atom. The summed E-state index contributed by atoms with van der Waals surface area (Å²) in [6, 6.07) is 7.63. The van der Waals surface area contributed by atoms with Crippen molar-refractivity contribution in [2.45, 2.75) is 11.8 Å². The Balaban J connectivity index is 2.46. The van der Waals surface area contributed by atoms with Gasteiger partial charge < -0.3 is 10.8 Å². The number of anilines is 2. The number of nitrogens with two attached hydrogens (primary N) is 1. The van der Waals surface area contributed by atoms with Crippen LogP contribution in [0, 0.1) is 6.92 Å². The molecule has 2 aromatic carbocycles. The van der Waals surface area contributed by atoms with Crippen molar-refractivity contribution in [3.8, 4) is 5.75 Å². The van der Waals surface area contributed by atoms with Gasteiger partial charge in [-0.1, -0.05) is 22.0 Å². The molecule has 0 atom stereocenters. The van der Waals surface area contributed by atoms with Crippen LogP contribution in [0.5, 0.6) is 5.75 Å². The van der Waals surface area contributed by atoms with Crippen LogP contribution >= 0.6 is 31.9 Å². The maximum absolute atomic E-state index is 12.4. The van der Waals surface area contributed by atoms with E-state index in [1.54, 1.807) is 25.1 Å². The van der Waals surface area contributed by atoms with E-state index in [9.17, 15) is 13.5 Å². The molecule has 5 nitrogen and oxygen atoms in total. The zero-order chi connectivity index (χ0) is 15.8. The van der Waals surface area contributed by atoms with Gasteiger partial charge in [0, 0.05) is 15.0 Å². The van der Waals surface area contributed by atoms with Crippen LogP contribution in [0.1, 0.15) is 5.56 Å². The van der Waals surface area contributed by atoms with Crippen molar-refractivity contribution >= 4 is 53.3 Å². The summed E-state index contributed by atoms with van der Waals surface area (Å²) < 4.78 is 28.3. The zero-order valence-electron chi connectivity index (χ0n) is 10.9. The number of aryl methyl sites for hydroxylation is 1. The molecule has 8 heteroatoms. The van der Waals surface area contributed by atoms with Crippen LogP contribution in [0.3, 0.4) is 0 Å². The number of aromatic hydroxyl groups is 1.